The van der Waals surface area contributed by atoms with Crippen LogP contribution in [0.15, 0.2) is 48.6 Å². The number of hydrogen-bond donors (Lipinski definition) is 1. The number of rotatable bonds is 34. The van der Waals surface area contributed by atoms with Crippen LogP contribution in [0.25, 0.3) is 0 Å². The highest BCUT2D eigenvalue weighted by Crippen LogP contribution is 2.12. The van der Waals surface area contributed by atoms with Gasteiger partial charge in [0.25, 0.3) is 0 Å². The van der Waals surface area contributed by atoms with Gasteiger partial charge in [-0.25, -0.2) is 5.01 Å². The van der Waals surface area contributed by atoms with Crippen LogP contribution in [0.3, 0.4) is 0 Å². The minimum atomic E-state index is 0.206. The number of carbonyl (C=O) groups excluding carboxylic acids is 1. The highest BCUT2D eigenvalue weighted by atomic mass is 16.2. The monoisotopic (exact) mass is 654 g/mol. The SMILES string of the molecule is CCCCC/C=C\C/C=C\CCCCCCCCN(CCCCCCCC/C=C\C/C=C\CCCCC)NC(=O)CCN1CCCC1. The van der Waals surface area contributed by atoms with Crippen LogP contribution in [0.2, 0.25) is 0 Å². The maximum atomic E-state index is 12.8. The Labute approximate surface area is 294 Å². The van der Waals surface area contributed by atoms with E-state index in [1.165, 1.54) is 154 Å². The van der Waals surface area contributed by atoms with E-state index in [0.717, 1.165) is 45.6 Å². The second kappa shape index (κ2) is 35.7. The number of allylic oxidation sites excluding steroid dienone is 8. The number of carbonyl (C=O) groups is 1. The van der Waals surface area contributed by atoms with Gasteiger partial charge in [0.2, 0.25) is 5.91 Å². The fourth-order valence-electron chi connectivity index (χ4n) is 6.30. The van der Waals surface area contributed by atoms with E-state index in [1.807, 2.05) is 0 Å². The van der Waals surface area contributed by atoms with Crippen LogP contribution in [0.4, 0.5) is 0 Å². The lowest BCUT2D eigenvalue weighted by Crippen LogP contribution is -2.44. The molecule has 0 radical (unpaired) electrons. The van der Waals surface area contributed by atoms with Crippen molar-refractivity contribution in [1.29, 1.82) is 0 Å². The molecule has 1 saturated heterocycles. The zero-order valence-corrected chi connectivity index (χ0v) is 31.5. The number of hydrazine groups is 1. The maximum absolute atomic E-state index is 12.8. The third-order valence-corrected chi connectivity index (χ3v) is 9.39. The Morgan fingerprint density at radius 3 is 1.34 bits per heavy atom. The Morgan fingerprint density at radius 2 is 0.915 bits per heavy atom. The zero-order valence-electron chi connectivity index (χ0n) is 31.5. The topological polar surface area (TPSA) is 35.6 Å². The van der Waals surface area contributed by atoms with Gasteiger partial charge >= 0.3 is 0 Å². The van der Waals surface area contributed by atoms with E-state index in [0.29, 0.717) is 6.42 Å². The number of hydrogen-bond acceptors (Lipinski definition) is 3. The molecule has 47 heavy (non-hydrogen) atoms. The summed E-state index contributed by atoms with van der Waals surface area (Å²) in [6.45, 7) is 9.75. The molecular weight excluding hydrogens is 574 g/mol. The lowest BCUT2D eigenvalue weighted by molar-refractivity contribution is -0.126. The Balaban J connectivity index is 2.13. The van der Waals surface area contributed by atoms with Gasteiger partial charge in [0.05, 0.1) is 0 Å². The fraction of sp³-hybridized carbons (Fsp3) is 0.791. The number of likely N-dealkylation sites (tertiary alicyclic amines) is 1. The molecule has 1 rings (SSSR count). The van der Waals surface area contributed by atoms with Gasteiger partial charge in [-0.3, -0.25) is 10.2 Å². The van der Waals surface area contributed by atoms with Gasteiger partial charge in [-0.1, -0.05) is 140 Å². The Morgan fingerprint density at radius 1 is 0.532 bits per heavy atom. The standard InChI is InChI=1S/C43H79N3O/c1-3-5-7-9-11-13-15-17-19-21-23-25-27-29-31-33-40-46(44-43(47)37-42-45-38-35-36-39-45)41-34-32-30-28-26-24-22-20-18-16-14-12-10-8-6-4-2/h11-14,17-20H,3-10,15-16,21-42H2,1-2H3,(H,44,47)/b13-11-,14-12-,19-17-,20-18-. The molecule has 1 aliphatic rings. The van der Waals surface area contributed by atoms with Crippen LogP contribution in [-0.2, 0) is 4.79 Å². The van der Waals surface area contributed by atoms with E-state index in [1.54, 1.807) is 0 Å². The van der Waals surface area contributed by atoms with Gasteiger partial charge in [0.15, 0.2) is 0 Å². The lowest BCUT2D eigenvalue weighted by Gasteiger charge is -2.24. The molecule has 1 fully saturated rings. The van der Waals surface area contributed by atoms with Gasteiger partial charge in [-0.2, -0.15) is 0 Å². The first-order valence-electron chi connectivity index (χ1n) is 20.6. The number of nitrogens with one attached hydrogen (secondary N) is 1. The van der Waals surface area contributed by atoms with E-state index in [-0.39, 0.29) is 5.91 Å². The van der Waals surface area contributed by atoms with Gasteiger partial charge < -0.3 is 4.90 Å². The molecule has 272 valence electrons. The summed E-state index contributed by atoms with van der Waals surface area (Å²) in [6, 6.07) is 0. The summed E-state index contributed by atoms with van der Waals surface area (Å²) in [5.74, 6) is 0.206. The Bertz CT molecular complexity index is 732. The van der Waals surface area contributed by atoms with Crippen molar-refractivity contribution in [2.45, 2.75) is 187 Å². The van der Waals surface area contributed by atoms with Crippen molar-refractivity contribution in [1.82, 2.24) is 15.3 Å². The normalized spacial score (nSPS) is 14.4. The van der Waals surface area contributed by atoms with Crippen LogP contribution in [0.5, 0.6) is 0 Å². The molecular formula is C43H79N3O. The number of nitrogens with zero attached hydrogens (tertiary/aromatic N) is 2. The van der Waals surface area contributed by atoms with Crippen molar-refractivity contribution < 1.29 is 4.79 Å². The molecule has 4 heteroatoms. The van der Waals surface area contributed by atoms with Crippen LogP contribution in [-0.4, -0.2) is 48.5 Å². The first-order valence-corrected chi connectivity index (χ1v) is 20.6. The molecule has 4 nitrogen and oxygen atoms in total. The summed E-state index contributed by atoms with van der Waals surface area (Å²) in [6.07, 6.45) is 52.5. The summed E-state index contributed by atoms with van der Waals surface area (Å²) >= 11 is 0. The van der Waals surface area contributed by atoms with Crippen molar-refractivity contribution in [3.05, 3.63) is 48.6 Å². The van der Waals surface area contributed by atoms with Crippen LogP contribution < -0.4 is 5.43 Å². The second-order valence-electron chi connectivity index (χ2n) is 14.0. The molecule has 0 unspecified atom stereocenters. The number of amides is 1. The summed E-state index contributed by atoms with van der Waals surface area (Å²) in [5.41, 5.74) is 3.29. The molecule has 0 spiro atoms. The largest absolute Gasteiger partial charge is 0.303 e. The van der Waals surface area contributed by atoms with Crippen molar-refractivity contribution in [2.24, 2.45) is 0 Å². The van der Waals surface area contributed by atoms with Gasteiger partial charge in [0.1, 0.15) is 0 Å². The summed E-state index contributed by atoms with van der Waals surface area (Å²) in [5, 5.41) is 2.25. The predicted molar refractivity (Wildman–Crippen MR) is 209 cm³/mol. The van der Waals surface area contributed by atoms with E-state index >= 15 is 0 Å². The average molecular weight is 654 g/mol. The highest BCUT2D eigenvalue weighted by molar-refractivity contribution is 5.75. The lowest BCUT2D eigenvalue weighted by atomic mass is 10.1. The fourth-order valence-corrected chi connectivity index (χ4v) is 6.30. The quantitative estimate of drug-likeness (QED) is 0.0426. The van der Waals surface area contributed by atoms with Gasteiger partial charge in [-0.15, -0.1) is 0 Å². The van der Waals surface area contributed by atoms with Crippen molar-refractivity contribution in [3.63, 3.8) is 0 Å². The molecule has 1 N–H and O–H groups in total. The predicted octanol–water partition coefficient (Wildman–Crippen LogP) is 12.4. The summed E-state index contributed by atoms with van der Waals surface area (Å²) in [4.78, 5) is 15.2. The minimum absolute atomic E-state index is 0.206. The smallest absolute Gasteiger partial charge is 0.235 e. The first-order chi connectivity index (χ1) is 23.3. The molecule has 0 bridgehead atoms. The second-order valence-corrected chi connectivity index (χ2v) is 14.0. The molecule has 0 aromatic carbocycles. The van der Waals surface area contributed by atoms with E-state index in [9.17, 15) is 4.79 Å². The van der Waals surface area contributed by atoms with Crippen molar-refractivity contribution >= 4 is 5.91 Å². The Kier molecular flexibility index (Phi) is 32.9. The van der Waals surface area contributed by atoms with Crippen LogP contribution in [0.1, 0.15) is 187 Å². The summed E-state index contributed by atoms with van der Waals surface area (Å²) < 4.78 is 0. The third kappa shape index (κ3) is 31.4. The molecule has 0 aromatic rings. The molecule has 0 aliphatic carbocycles. The maximum Gasteiger partial charge on any atom is 0.235 e. The molecule has 0 saturated carbocycles. The summed E-state index contributed by atoms with van der Waals surface area (Å²) in [7, 11) is 0. The van der Waals surface area contributed by atoms with E-state index in [2.05, 4.69) is 77.8 Å². The van der Waals surface area contributed by atoms with Gasteiger partial charge in [0, 0.05) is 26.1 Å². The van der Waals surface area contributed by atoms with E-state index in [4.69, 9.17) is 0 Å². The zero-order chi connectivity index (χ0) is 33.7. The van der Waals surface area contributed by atoms with Crippen molar-refractivity contribution in [2.75, 3.05) is 32.7 Å². The average Bonchev–Trinajstić information content (AvgIpc) is 3.61. The molecule has 1 heterocycles. The molecule has 1 amide bonds. The third-order valence-electron chi connectivity index (χ3n) is 9.39. The molecule has 0 aromatic heterocycles. The van der Waals surface area contributed by atoms with E-state index < -0.39 is 0 Å². The molecule has 0 atom stereocenters. The first kappa shape index (κ1) is 43.4. The van der Waals surface area contributed by atoms with Crippen molar-refractivity contribution in [3.8, 4) is 0 Å². The van der Waals surface area contributed by atoms with Gasteiger partial charge in [-0.05, 0) is 103 Å². The van der Waals surface area contributed by atoms with Crippen LogP contribution in [0, 0.1) is 0 Å². The number of unbranched alkanes of at least 4 members (excludes halogenated alkanes) is 18. The van der Waals surface area contributed by atoms with Crippen LogP contribution >= 0.6 is 0 Å². The Hall–Kier alpha value is -1.65. The molecule has 1 aliphatic heterocycles. The highest BCUT2D eigenvalue weighted by Gasteiger charge is 2.14. The minimum Gasteiger partial charge on any atom is -0.303 e.